The van der Waals surface area contributed by atoms with Gasteiger partial charge in [0.2, 0.25) is 0 Å². The van der Waals surface area contributed by atoms with Gasteiger partial charge >= 0.3 is 0 Å². The molecule has 2 heterocycles. The number of benzene rings is 2. The van der Waals surface area contributed by atoms with Crippen molar-refractivity contribution in [2.24, 2.45) is 5.41 Å². The normalized spacial score (nSPS) is 23.3. The Morgan fingerprint density at radius 3 is 2.65 bits per heavy atom. The van der Waals surface area contributed by atoms with E-state index < -0.39 is 0 Å². The zero-order valence-electron chi connectivity index (χ0n) is 15.2. The summed E-state index contributed by atoms with van der Waals surface area (Å²) in [6, 6.07) is 13.2. The van der Waals surface area contributed by atoms with Crippen molar-refractivity contribution < 1.29 is 9.76 Å². The van der Waals surface area contributed by atoms with E-state index in [-0.39, 0.29) is 22.1 Å². The van der Waals surface area contributed by atoms with Crippen molar-refractivity contribution in [3.05, 3.63) is 75.3 Å². The lowest BCUT2D eigenvalue weighted by Crippen LogP contribution is -2.36. The minimum atomic E-state index is -0.384. The number of aryl methyl sites for hydroxylation is 1. The highest BCUT2D eigenvalue weighted by atomic mass is 16.7. The molecule has 4 rings (SSSR count). The predicted molar refractivity (Wildman–Crippen MR) is 102 cm³/mol. The van der Waals surface area contributed by atoms with Crippen LogP contribution < -0.4 is 5.06 Å². The Labute approximate surface area is 153 Å². The van der Waals surface area contributed by atoms with Gasteiger partial charge in [-0.2, -0.15) is 0 Å². The maximum Gasteiger partial charge on any atom is 0.269 e. The number of fused-ring (bicyclic) bond motifs is 3. The maximum absolute atomic E-state index is 10.8. The lowest BCUT2D eigenvalue weighted by molar-refractivity contribution is -0.384. The molecule has 0 N–H and O–H groups in total. The quantitative estimate of drug-likeness (QED) is 0.595. The Hall–Kier alpha value is -2.66. The highest BCUT2D eigenvalue weighted by Crippen LogP contribution is 2.49. The standard InChI is InChI=1S/C21H22N2O3/c1-14-5-4-6-18-17(14)13-19-21(2,3)20(26-22(18)19)12-9-15-7-10-16(11-8-15)23(24)25/h4-12,19-20H,13H2,1-3H3. The fourth-order valence-corrected chi connectivity index (χ4v) is 3.94. The van der Waals surface area contributed by atoms with Crippen LogP contribution >= 0.6 is 0 Å². The fraction of sp³-hybridized carbons (Fsp3) is 0.333. The van der Waals surface area contributed by atoms with Crippen LogP contribution in [0.1, 0.15) is 30.5 Å². The van der Waals surface area contributed by atoms with Gasteiger partial charge in [0.15, 0.2) is 0 Å². The summed E-state index contributed by atoms with van der Waals surface area (Å²) in [5.74, 6) is 0. The lowest BCUT2D eigenvalue weighted by Gasteiger charge is -2.26. The molecule has 2 aliphatic heterocycles. The molecule has 2 aromatic rings. The first-order valence-electron chi connectivity index (χ1n) is 8.85. The predicted octanol–water partition coefficient (Wildman–Crippen LogP) is 4.69. The van der Waals surface area contributed by atoms with E-state index in [4.69, 9.17) is 4.84 Å². The van der Waals surface area contributed by atoms with Crippen LogP contribution in [0.4, 0.5) is 11.4 Å². The van der Waals surface area contributed by atoms with Crippen LogP contribution in [0.5, 0.6) is 0 Å². The van der Waals surface area contributed by atoms with Crippen molar-refractivity contribution in [1.82, 2.24) is 0 Å². The van der Waals surface area contributed by atoms with Gasteiger partial charge in [-0.25, -0.2) is 5.06 Å². The first-order valence-corrected chi connectivity index (χ1v) is 8.85. The Morgan fingerprint density at radius 2 is 1.96 bits per heavy atom. The minimum Gasteiger partial charge on any atom is -0.265 e. The van der Waals surface area contributed by atoms with Gasteiger partial charge < -0.3 is 0 Å². The van der Waals surface area contributed by atoms with E-state index >= 15 is 0 Å². The zero-order chi connectivity index (χ0) is 18.5. The Bertz CT molecular complexity index is 887. The number of hydrogen-bond acceptors (Lipinski definition) is 4. The second kappa shape index (κ2) is 5.95. The molecule has 2 unspecified atom stereocenters. The summed E-state index contributed by atoms with van der Waals surface area (Å²) < 4.78 is 0. The summed E-state index contributed by atoms with van der Waals surface area (Å²) in [6.45, 7) is 6.63. The fourth-order valence-electron chi connectivity index (χ4n) is 3.94. The second-order valence-electron chi connectivity index (χ2n) is 7.67. The largest absolute Gasteiger partial charge is 0.269 e. The summed E-state index contributed by atoms with van der Waals surface area (Å²) in [5, 5.41) is 12.8. The number of hydroxylamine groups is 1. The molecule has 1 fully saturated rings. The SMILES string of the molecule is Cc1cccc2c1CC1N2OC(C=Cc2ccc([N+](=O)[O-])cc2)C1(C)C. The molecule has 5 nitrogen and oxygen atoms in total. The molecular formula is C21H22N2O3. The monoisotopic (exact) mass is 350 g/mol. The van der Waals surface area contributed by atoms with E-state index in [0.29, 0.717) is 6.04 Å². The van der Waals surface area contributed by atoms with Crippen molar-refractivity contribution in [2.75, 3.05) is 5.06 Å². The van der Waals surface area contributed by atoms with Crippen LogP contribution in [0.25, 0.3) is 6.08 Å². The molecule has 0 aromatic heterocycles. The summed E-state index contributed by atoms with van der Waals surface area (Å²) in [5.41, 5.74) is 4.86. The molecule has 134 valence electrons. The molecule has 0 saturated carbocycles. The highest BCUT2D eigenvalue weighted by Gasteiger charge is 2.52. The van der Waals surface area contributed by atoms with Crippen LogP contribution in [0.15, 0.2) is 48.5 Å². The summed E-state index contributed by atoms with van der Waals surface area (Å²) in [4.78, 5) is 16.7. The average Bonchev–Trinajstić information content (AvgIpc) is 3.10. The molecule has 0 aliphatic carbocycles. The van der Waals surface area contributed by atoms with Crippen molar-refractivity contribution in [3.8, 4) is 0 Å². The molecule has 0 spiro atoms. The van der Waals surface area contributed by atoms with Gasteiger partial charge in [-0.15, -0.1) is 0 Å². The number of nitrogens with zero attached hydrogens (tertiary/aromatic N) is 2. The van der Waals surface area contributed by atoms with Crippen molar-refractivity contribution in [1.29, 1.82) is 0 Å². The second-order valence-corrected chi connectivity index (χ2v) is 7.67. The number of hydrogen-bond donors (Lipinski definition) is 0. The van der Waals surface area contributed by atoms with Crippen LogP contribution in [-0.2, 0) is 11.3 Å². The first-order chi connectivity index (χ1) is 12.4. The van der Waals surface area contributed by atoms with Gasteiger partial charge in [0.1, 0.15) is 6.10 Å². The van der Waals surface area contributed by atoms with Gasteiger partial charge in [0.25, 0.3) is 5.69 Å². The van der Waals surface area contributed by atoms with Crippen LogP contribution in [0.3, 0.4) is 0 Å². The average molecular weight is 350 g/mol. The van der Waals surface area contributed by atoms with Gasteiger partial charge in [-0.1, -0.05) is 38.1 Å². The molecule has 2 atom stereocenters. The number of non-ortho nitro benzene ring substituents is 1. The van der Waals surface area contributed by atoms with Crippen LogP contribution in [0, 0.1) is 22.5 Å². The first kappa shape index (κ1) is 16.8. The molecule has 2 aromatic carbocycles. The molecule has 5 heteroatoms. The molecular weight excluding hydrogens is 328 g/mol. The molecule has 0 bridgehead atoms. The van der Waals surface area contributed by atoms with Crippen molar-refractivity contribution >= 4 is 17.5 Å². The number of nitro benzene ring substituents is 1. The molecule has 26 heavy (non-hydrogen) atoms. The molecule has 0 radical (unpaired) electrons. The van der Waals surface area contributed by atoms with E-state index in [9.17, 15) is 10.1 Å². The summed E-state index contributed by atoms with van der Waals surface area (Å²) >= 11 is 0. The van der Waals surface area contributed by atoms with Gasteiger partial charge in [0, 0.05) is 17.5 Å². The van der Waals surface area contributed by atoms with E-state index in [1.807, 2.05) is 6.08 Å². The minimum absolute atomic E-state index is 0.0390. The number of anilines is 1. The van der Waals surface area contributed by atoms with E-state index in [1.165, 1.54) is 28.9 Å². The van der Waals surface area contributed by atoms with E-state index in [0.717, 1.165) is 12.0 Å². The smallest absolute Gasteiger partial charge is 0.265 e. The third kappa shape index (κ3) is 2.59. The van der Waals surface area contributed by atoms with Gasteiger partial charge in [-0.05, 0) is 48.2 Å². The third-order valence-corrected chi connectivity index (χ3v) is 5.69. The van der Waals surface area contributed by atoms with Crippen molar-refractivity contribution in [2.45, 2.75) is 39.3 Å². The topological polar surface area (TPSA) is 55.6 Å². The Kier molecular flexibility index (Phi) is 3.84. The van der Waals surface area contributed by atoms with Crippen LogP contribution in [-0.4, -0.2) is 17.1 Å². The molecule has 0 amide bonds. The lowest BCUT2D eigenvalue weighted by atomic mass is 9.78. The maximum atomic E-state index is 10.8. The van der Waals surface area contributed by atoms with E-state index in [2.05, 4.69) is 50.1 Å². The van der Waals surface area contributed by atoms with Crippen LogP contribution in [0.2, 0.25) is 0 Å². The number of rotatable bonds is 3. The Balaban J connectivity index is 1.56. The Morgan fingerprint density at radius 1 is 1.23 bits per heavy atom. The van der Waals surface area contributed by atoms with Gasteiger partial charge in [-0.3, -0.25) is 15.0 Å². The highest BCUT2D eigenvalue weighted by molar-refractivity contribution is 5.62. The zero-order valence-corrected chi connectivity index (χ0v) is 15.2. The van der Waals surface area contributed by atoms with E-state index in [1.54, 1.807) is 12.1 Å². The third-order valence-electron chi connectivity index (χ3n) is 5.69. The van der Waals surface area contributed by atoms with Crippen molar-refractivity contribution in [3.63, 3.8) is 0 Å². The number of nitro groups is 1. The summed E-state index contributed by atoms with van der Waals surface area (Å²) in [7, 11) is 0. The van der Waals surface area contributed by atoms with Gasteiger partial charge in [0.05, 0.1) is 16.7 Å². The molecule has 2 aliphatic rings. The summed E-state index contributed by atoms with van der Waals surface area (Å²) in [6.07, 6.45) is 5.00. The molecule has 1 saturated heterocycles.